The number of allylic oxidation sites excluding steroid dienone is 3. The molecule has 5 aromatic carbocycles. The van der Waals surface area contributed by atoms with Crippen LogP contribution in [0.15, 0.2) is 131 Å². The van der Waals surface area contributed by atoms with Crippen molar-refractivity contribution in [2.75, 3.05) is 0 Å². The lowest BCUT2D eigenvalue weighted by molar-refractivity contribution is 0.669. The highest BCUT2D eigenvalue weighted by Gasteiger charge is 2.15. The van der Waals surface area contributed by atoms with Gasteiger partial charge in [0, 0.05) is 16.3 Å². The molecule has 0 saturated heterocycles. The number of nitriles is 1. The van der Waals surface area contributed by atoms with Crippen molar-refractivity contribution in [3.05, 3.63) is 133 Å². The summed E-state index contributed by atoms with van der Waals surface area (Å²) in [6.07, 6.45) is 5.56. The van der Waals surface area contributed by atoms with Gasteiger partial charge in [0.1, 0.15) is 11.2 Å². The van der Waals surface area contributed by atoms with Crippen LogP contribution in [0.4, 0.5) is 0 Å². The van der Waals surface area contributed by atoms with E-state index in [0.717, 1.165) is 44.2 Å². The third-order valence-electron chi connectivity index (χ3n) is 6.81. The van der Waals surface area contributed by atoms with E-state index < -0.39 is 0 Å². The highest BCUT2D eigenvalue weighted by atomic mass is 16.3. The largest absolute Gasteiger partial charge is 0.456 e. The Bertz CT molecular complexity index is 1850. The van der Waals surface area contributed by atoms with Crippen LogP contribution >= 0.6 is 0 Å². The van der Waals surface area contributed by atoms with E-state index in [4.69, 9.17) is 10.2 Å². The summed E-state index contributed by atoms with van der Waals surface area (Å²) in [5.41, 5.74) is 13.5. The van der Waals surface area contributed by atoms with Gasteiger partial charge in [0.15, 0.2) is 0 Å². The molecule has 0 unspecified atom stereocenters. The number of hydrogen-bond acceptors (Lipinski definition) is 3. The highest BCUT2D eigenvalue weighted by Crippen LogP contribution is 2.41. The fraction of sp³-hybridized carbons (Fsp3) is 0.0294. The third kappa shape index (κ3) is 4.16. The Morgan fingerprint density at radius 2 is 1.46 bits per heavy atom. The zero-order valence-electron chi connectivity index (χ0n) is 20.2. The maximum atomic E-state index is 9.21. The average Bonchev–Trinajstić information content (AvgIpc) is 3.33. The number of benzene rings is 5. The number of nitrogens with two attached hydrogens (primary N) is 1. The van der Waals surface area contributed by atoms with Crippen LogP contribution in [0.25, 0.3) is 55.0 Å². The second kappa shape index (κ2) is 9.53. The minimum absolute atomic E-state index is 0.559. The molecule has 1 aromatic heterocycles. The van der Waals surface area contributed by atoms with Gasteiger partial charge in [-0.1, -0.05) is 91.0 Å². The maximum absolute atomic E-state index is 9.21. The van der Waals surface area contributed by atoms with E-state index in [2.05, 4.69) is 103 Å². The van der Waals surface area contributed by atoms with Gasteiger partial charge in [0.2, 0.25) is 0 Å². The Morgan fingerprint density at radius 3 is 2.22 bits per heavy atom. The van der Waals surface area contributed by atoms with Crippen LogP contribution in [0.1, 0.15) is 5.56 Å². The van der Waals surface area contributed by atoms with Crippen LogP contribution in [0.5, 0.6) is 0 Å². The molecule has 0 bridgehead atoms. The summed E-state index contributed by atoms with van der Waals surface area (Å²) in [6, 6.07) is 38.2. The highest BCUT2D eigenvalue weighted by molar-refractivity contribution is 6.22. The molecule has 0 fully saturated rings. The topological polar surface area (TPSA) is 63.0 Å². The Hall–Kier alpha value is -5.07. The minimum Gasteiger partial charge on any atom is -0.456 e. The van der Waals surface area contributed by atoms with Gasteiger partial charge in [-0.2, -0.15) is 5.26 Å². The predicted octanol–water partition coefficient (Wildman–Crippen LogP) is 8.54. The van der Waals surface area contributed by atoms with Crippen molar-refractivity contribution in [3.8, 4) is 28.3 Å². The molecule has 176 valence electrons. The summed E-state index contributed by atoms with van der Waals surface area (Å²) in [7, 11) is 0. The first-order valence-electron chi connectivity index (χ1n) is 12.3. The first kappa shape index (κ1) is 22.4. The molecule has 0 radical (unpaired) electrons. The molecule has 3 nitrogen and oxygen atoms in total. The monoisotopic (exact) mass is 476 g/mol. The molecule has 6 aromatic rings. The standard InChI is InChI=1S/C34H24N2O/c35-19-18-24(22-36)11-10-23-12-14-26(15-13-23)31-21-33-34(29-9-5-4-8-28(29)31)30-17-16-27(20-32(30)37-33)25-6-2-1-3-7-25/h1-9,11-21H,10,35H2/b19-18-,24-11+. The van der Waals surface area contributed by atoms with Crippen LogP contribution in [0, 0.1) is 11.3 Å². The molecular formula is C34H24N2O. The molecule has 0 spiro atoms. The van der Waals surface area contributed by atoms with Crippen molar-refractivity contribution in [2.24, 2.45) is 5.73 Å². The van der Waals surface area contributed by atoms with Crippen LogP contribution < -0.4 is 5.73 Å². The normalized spacial score (nSPS) is 12.0. The van der Waals surface area contributed by atoms with E-state index in [1.807, 2.05) is 12.1 Å². The van der Waals surface area contributed by atoms with Gasteiger partial charge in [-0.05, 0) is 75.5 Å². The van der Waals surface area contributed by atoms with Crippen molar-refractivity contribution in [1.29, 1.82) is 5.26 Å². The molecule has 1 heterocycles. The van der Waals surface area contributed by atoms with Crippen molar-refractivity contribution < 1.29 is 4.42 Å². The summed E-state index contributed by atoms with van der Waals surface area (Å²) in [4.78, 5) is 0. The third-order valence-corrected chi connectivity index (χ3v) is 6.81. The van der Waals surface area contributed by atoms with E-state index in [9.17, 15) is 5.26 Å². The van der Waals surface area contributed by atoms with Crippen molar-refractivity contribution in [3.63, 3.8) is 0 Å². The zero-order chi connectivity index (χ0) is 25.2. The summed E-state index contributed by atoms with van der Waals surface area (Å²) >= 11 is 0. The molecule has 0 amide bonds. The summed E-state index contributed by atoms with van der Waals surface area (Å²) in [5.74, 6) is 0. The molecule has 3 heteroatoms. The van der Waals surface area contributed by atoms with Crippen molar-refractivity contribution in [2.45, 2.75) is 6.42 Å². The van der Waals surface area contributed by atoms with Gasteiger partial charge in [-0.15, -0.1) is 0 Å². The number of furan rings is 1. The number of fused-ring (bicyclic) bond motifs is 5. The first-order chi connectivity index (χ1) is 18.2. The number of nitrogens with zero attached hydrogens (tertiary/aromatic N) is 1. The van der Waals surface area contributed by atoms with Gasteiger partial charge >= 0.3 is 0 Å². The van der Waals surface area contributed by atoms with E-state index in [1.54, 1.807) is 6.08 Å². The zero-order valence-corrected chi connectivity index (χ0v) is 20.2. The van der Waals surface area contributed by atoms with Gasteiger partial charge in [0.25, 0.3) is 0 Å². The molecule has 2 N–H and O–H groups in total. The van der Waals surface area contributed by atoms with Crippen LogP contribution in [-0.4, -0.2) is 0 Å². The van der Waals surface area contributed by atoms with Gasteiger partial charge < -0.3 is 10.2 Å². The SMILES string of the molecule is N#CC(/C=C\N)=C/Cc1ccc(-c2cc3oc4cc(-c5ccccc5)ccc4c3c3ccccc23)cc1. The molecular weight excluding hydrogens is 452 g/mol. The van der Waals surface area contributed by atoms with Gasteiger partial charge in [-0.3, -0.25) is 0 Å². The van der Waals surface area contributed by atoms with Crippen molar-refractivity contribution in [1.82, 2.24) is 0 Å². The van der Waals surface area contributed by atoms with E-state index in [0.29, 0.717) is 12.0 Å². The Labute approximate surface area is 215 Å². The molecule has 0 aliphatic carbocycles. The second-order valence-electron chi connectivity index (χ2n) is 9.05. The molecule has 0 aliphatic heterocycles. The van der Waals surface area contributed by atoms with E-state index in [-0.39, 0.29) is 0 Å². The van der Waals surface area contributed by atoms with Gasteiger partial charge in [-0.25, -0.2) is 0 Å². The lowest BCUT2D eigenvalue weighted by atomic mass is 9.94. The summed E-state index contributed by atoms with van der Waals surface area (Å²) in [6.45, 7) is 0. The predicted molar refractivity (Wildman–Crippen MR) is 153 cm³/mol. The fourth-order valence-electron chi connectivity index (χ4n) is 4.99. The first-order valence-corrected chi connectivity index (χ1v) is 12.3. The smallest absolute Gasteiger partial charge is 0.136 e. The fourth-order valence-corrected chi connectivity index (χ4v) is 4.99. The Morgan fingerprint density at radius 1 is 0.730 bits per heavy atom. The summed E-state index contributed by atoms with van der Waals surface area (Å²) in [5, 5.41) is 13.9. The average molecular weight is 477 g/mol. The van der Waals surface area contributed by atoms with E-state index >= 15 is 0 Å². The maximum Gasteiger partial charge on any atom is 0.136 e. The molecule has 6 rings (SSSR count). The van der Waals surface area contributed by atoms with Crippen LogP contribution in [0.3, 0.4) is 0 Å². The lowest BCUT2D eigenvalue weighted by Gasteiger charge is -2.09. The second-order valence-corrected chi connectivity index (χ2v) is 9.05. The number of hydrogen-bond donors (Lipinski definition) is 1. The quantitative estimate of drug-likeness (QED) is 0.200. The van der Waals surface area contributed by atoms with Crippen LogP contribution in [-0.2, 0) is 6.42 Å². The van der Waals surface area contributed by atoms with Gasteiger partial charge in [0.05, 0.1) is 6.07 Å². The van der Waals surface area contributed by atoms with Crippen molar-refractivity contribution >= 4 is 32.7 Å². The summed E-state index contributed by atoms with van der Waals surface area (Å²) < 4.78 is 6.45. The van der Waals surface area contributed by atoms with Crippen LogP contribution in [0.2, 0.25) is 0 Å². The lowest BCUT2D eigenvalue weighted by Crippen LogP contribution is -1.86. The molecule has 0 saturated carbocycles. The Kier molecular flexibility index (Phi) is 5.77. The Balaban J connectivity index is 1.45. The molecule has 0 atom stereocenters. The molecule has 37 heavy (non-hydrogen) atoms. The minimum atomic E-state index is 0.559. The molecule has 0 aliphatic rings. The number of rotatable bonds is 5. The van der Waals surface area contributed by atoms with E-state index in [1.165, 1.54) is 22.5 Å².